The van der Waals surface area contributed by atoms with Crippen molar-refractivity contribution in [2.45, 2.75) is 83.7 Å². The molecule has 1 aliphatic heterocycles. The molecular formula is C19H31N4. The first-order chi connectivity index (χ1) is 11.1. The summed E-state index contributed by atoms with van der Waals surface area (Å²) in [6.07, 6.45) is 9.72. The van der Waals surface area contributed by atoms with E-state index in [1.165, 1.54) is 63.9 Å². The van der Waals surface area contributed by atoms with Gasteiger partial charge in [-0.2, -0.15) is 0 Å². The maximum Gasteiger partial charge on any atom is 0.135 e. The largest absolute Gasteiger partial charge is 0.312 e. The van der Waals surface area contributed by atoms with Crippen LogP contribution in [-0.4, -0.2) is 38.8 Å². The lowest BCUT2D eigenvalue weighted by atomic mass is 10.00. The summed E-state index contributed by atoms with van der Waals surface area (Å²) in [4.78, 5) is 2.79. The smallest absolute Gasteiger partial charge is 0.135 e. The Labute approximate surface area is 140 Å². The molecule has 2 heterocycles. The molecule has 1 aromatic heterocycles. The van der Waals surface area contributed by atoms with E-state index in [1.54, 1.807) is 0 Å². The molecule has 1 saturated heterocycles. The summed E-state index contributed by atoms with van der Waals surface area (Å²) in [6, 6.07) is 1.45. The molecular weight excluding hydrogens is 284 g/mol. The summed E-state index contributed by atoms with van der Waals surface area (Å²) in [7, 11) is 0. The third-order valence-corrected chi connectivity index (χ3v) is 6.47. The predicted molar refractivity (Wildman–Crippen MR) is 92.3 cm³/mol. The second kappa shape index (κ2) is 6.19. The zero-order valence-corrected chi connectivity index (χ0v) is 15.0. The van der Waals surface area contributed by atoms with Crippen molar-refractivity contribution >= 4 is 0 Å². The van der Waals surface area contributed by atoms with Crippen LogP contribution >= 0.6 is 0 Å². The maximum absolute atomic E-state index is 4.42. The molecule has 0 bridgehead atoms. The number of rotatable bonds is 3. The quantitative estimate of drug-likeness (QED) is 0.849. The molecule has 0 spiro atoms. The van der Waals surface area contributed by atoms with Crippen LogP contribution in [0.3, 0.4) is 0 Å². The Kier molecular flexibility index (Phi) is 4.21. The standard InChI is InChI=1S/C19H31N4/c1-13(2)19-21-20-14(3)23(19)17-7-9-22(10-8-17)18-11-15-5-4-6-16(15)12-18/h13,15,17-18H,4-12H2,1-3H3/t15-,18+/m1/s1. The lowest BCUT2D eigenvalue weighted by molar-refractivity contribution is 0.131. The van der Waals surface area contributed by atoms with E-state index in [0.717, 1.165) is 17.8 Å². The van der Waals surface area contributed by atoms with Gasteiger partial charge in [0.15, 0.2) is 0 Å². The molecule has 2 atom stereocenters. The van der Waals surface area contributed by atoms with Crippen LogP contribution in [0.25, 0.3) is 0 Å². The Morgan fingerprint density at radius 2 is 1.83 bits per heavy atom. The van der Waals surface area contributed by atoms with Gasteiger partial charge in [-0.15, -0.1) is 10.2 Å². The number of aromatic nitrogens is 3. The van der Waals surface area contributed by atoms with Crippen molar-refractivity contribution in [1.82, 2.24) is 19.7 Å². The first-order valence-corrected chi connectivity index (χ1v) is 9.63. The highest BCUT2D eigenvalue weighted by Gasteiger charge is 2.40. The van der Waals surface area contributed by atoms with E-state index in [2.05, 4.69) is 40.4 Å². The van der Waals surface area contributed by atoms with E-state index in [1.807, 2.05) is 5.92 Å². The highest BCUT2D eigenvalue weighted by atomic mass is 15.3. The highest BCUT2D eigenvalue weighted by Crippen LogP contribution is 2.47. The summed E-state index contributed by atoms with van der Waals surface area (Å²) < 4.78 is 2.43. The Morgan fingerprint density at radius 3 is 2.52 bits per heavy atom. The van der Waals surface area contributed by atoms with Gasteiger partial charge in [-0.1, -0.05) is 20.3 Å². The van der Waals surface area contributed by atoms with Gasteiger partial charge < -0.3 is 9.47 Å². The van der Waals surface area contributed by atoms with Gasteiger partial charge in [0.2, 0.25) is 0 Å². The summed E-state index contributed by atoms with van der Waals surface area (Å²) in [6.45, 7) is 9.07. The number of hydrogen-bond donors (Lipinski definition) is 0. The van der Waals surface area contributed by atoms with Crippen LogP contribution in [0.2, 0.25) is 0 Å². The lowest BCUT2D eigenvalue weighted by Gasteiger charge is -2.37. The monoisotopic (exact) mass is 315 g/mol. The molecule has 0 amide bonds. The summed E-state index contributed by atoms with van der Waals surface area (Å²) in [5.74, 6) is 5.60. The summed E-state index contributed by atoms with van der Waals surface area (Å²) in [5, 5.41) is 8.77. The number of likely N-dealkylation sites (tertiary alicyclic amines) is 1. The maximum atomic E-state index is 4.42. The van der Waals surface area contributed by atoms with Gasteiger partial charge in [0.25, 0.3) is 0 Å². The average molecular weight is 315 g/mol. The highest BCUT2D eigenvalue weighted by molar-refractivity contribution is 5.11. The minimum atomic E-state index is 0.458. The molecule has 127 valence electrons. The Bertz CT molecular complexity index is 530. The Balaban J connectivity index is 1.39. The predicted octanol–water partition coefficient (Wildman–Crippen LogP) is 3.88. The molecule has 2 saturated carbocycles. The molecule has 1 aromatic rings. The van der Waals surface area contributed by atoms with Crippen molar-refractivity contribution in [1.29, 1.82) is 0 Å². The molecule has 0 aromatic carbocycles. The Hall–Kier alpha value is -0.900. The number of aryl methyl sites for hydroxylation is 1. The van der Waals surface area contributed by atoms with Crippen LogP contribution in [0.1, 0.15) is 82.4 Å². The van der Waals surface area contributed by atoms with Crippen LogP contribution in [0.5, 0.6) is 0 Å². The summed E-state index contributed by atoms with van der Waals surface area (Å²) in [5.41, 5.74) is 0. The van der Waals surface area contributed by atoms with Gasteiger partial charge in [0.1, 0.15) is 11.6 Å². The fraction of sp³-hybridized carbons (Fsp3) is 0.842. The molecule has 1 radical (unpaired) electrons. The van der Waals surface area contributed by atoms with E-state index in [-0.39, 0.29) is 0 Å². The third-order valence-electron chi connectivity index (χ3n) is 6.47. The van der Waals surface area contributed by atoms with E-state index in [0.29, 0.717) is 12.0 Å². The third kappa shape index (κ3) is 2.84. The number of nitrogens with zero attached hydrogens (tertiary/aromatic N) is 4. The molecule has 0 unspecified atom stereocenters. The van der Waals surface area contributed by atoms with Gasteiger partial charge in [0, 0.05) is 31.1 Å². The number of piperidine rings is 1. The minimum absolute atomic E-state index is 0.458. The molecule has 0 N–H and O–H groups in total. The molecule has 4 nitrogen and oxygen atoms in total. The average Bonchev–Trinajstić information content (AvgIpc) is 3.21. The fourth-order valence-corrected chi connectivity index (χ4v) is 5.27. The minimum Gasteiger partial charge on any atom is -0.312 e. The van der Waals surface area contributed by atoms with Crippen LogP contribution in [0.4, 0.5) is 0 Å². The van der Waals surface area contributed by atoms with Crippen molar-refractivity contribution in [2.24, 2.45) is 5.92 Å². The van der Waals surface area contributed by atoms with Gasteiger partial charge in [-0.3, -0.25) is 0 Å². The van der Waals surface area contributed by atoms with Gasteiger partial charge in [0.05, 0.1) is 0 Å². The topological polar surface area (TPSA) is 34.0 Å². The second-order valence-corrected chi connectivity index (χ2v) is 8.24. The van der Waals surface area contributed by atoms with Crippen LogP contribution in [-0.2, 0) is 0 Å². The Morgan fingerprint density at radius 1 is 1.04 bits per heavy atom. The van der Waals surface area contributed by atoms with Gasteiger partial charge in [-0.05, 0) is 57.3 Å². The van der Waals surface area contributed by atoms with Crippen LogP contribution in [0.15, 0.2) is 0 Å². The van der Waals surface area contributed by atoms with Crippen molar-refractivity contribution < 1.29 is 0 Å². The van der Waals surface area contributed by atoms with E-state index < -0.39 is 0 Å². The number of hydrogen-bond acceptors (Lipinski definition) is 3. The van der Waals surface area contributed by atoms with E-state index >= 15 is 0 Å². The SMILES string of the molecule is Cc1nnc(C(C)C)n1C1CCN([C@@H]2C[C]3CCC[C@@H]3C2)CC1. The van der Waals surface area contributed by atoms with Crippen LogP contribution in [0, 0.1) is 18.8 Å². The zero-order valence-electron chi connectivity index (χ0n) is 15.0. The lowest BCUT2D eigenvalue weighted by Crippen LogP contribution is -2.41. The molecule has 4 heteroatoms. The van der Waals surface area contributed by atoms with Crippen LogP contribution < -0.4 is 0 Å². The fourth-order valence-electron chi connectivity index (χ4n) is 5.27. The molecule has 4 rings (SSSR count). The normalized spacial score (nSPS) is 30.4. The second-order valence-electron chi connectivity index (χ2n) is 8.24. The van der Waals surface area contributed by atoms with Crippen molar-refractivity contribution in [3.05, 3.63) is 17.6 Å². The molecule has 3 aliphatic rings. The van der Waals surface area contributed by atoms with Gasteiger partial charge >= 0.3 is 0 Å². The molecule has 3 fully saturated rings. The van der Waals surface area contributed by atoms with Crippen molar-refractivity contribution in [2.75, 3.05) is 13.1 Å². The number of fused-ring (bicyclic) bond motifs is 1. The zero-order chi connectivity index (χ0) is 16.0. The van der Waals surface area contributed by atoms with E-state index in [4.69, 9.17) is 0 Å². The first kappa shape index (κ1) is 15.6. The van der Waals surface area contributed by atoms with Gasteiger partial charge in [-0.25, -0.2) is 0 Å². The van der Waals surface area contributed by atoms with Crippen molar-refractivity contribution in [3.8, 4) is 0 Å². The first-order valence-electron chi connectivity index (χ1n) is 9.63. The molecule has 2 aliphatic carbocycles. The summed E-state index contributed by atoms with van der Waals surface area (Å²) >= 11 is 0. The molecule has 23 heavy (non-hydrogen) atoms. The van der Waals surface area contributed by atoms with Crippen molar-refractivity contribution in [3.63, 3.8) is 0 Å². The van der Waals surface area contributed by atoms with E-state index in [9.17, 15) is 0 Å².